The van der Waals surface area contributed by atoms with Gasteiger partial charge in [0, 0.05) is 12.3 Å². The summed E-state index contributed by atoms with van der Waals surface area (Å²) in [6.45, 7) is 0. The molecule has 30 heavy (non-hydrogen) atoms. The molecule has 6 nitrogen and oxygen atoms in total. The largest absolute Gasteiger partial charge is 0.495 e. The zero-order valence-electron chi connectivity index (χ0n) is 16.3. The number of nitrogens with zero attached hydrogens (tertiary/aromatic N) is 1. The van der Waals surface area contributed by atoms with Gasteiger partial charge in [0.15, 0.2) is 5.78 Å². The maximum atomic E-state index is 13.5. The molecule has 0 amide bonds. The van der Waals surface area contributed by atoms with Crippen LogP contribution in [0.4, 0.5) is 10.1 Å². The lowest BCUT2D eigenvalue weighted by Crippen LogP contribution is -2.25. The molecule has 1 unspecified atom stereocenters. The molecule has 0 aliphatic rings. The van der Waals surface area contributed by atoms with E-state index in [0.717, 1.165) is 6.21 Å². The number of halogens is 1. The highest BCUT2D eigenvalue weighted by Crippen LogP contribution is 2.26. The van der Waals surface area contributed by atoms with Crippen molar-refractivity contribution < 1.29 is 13.9 Å². The normalized spacial score (nSPS) is 12.5. The fourth-order valence-corrected chi connectivity index (χ4v) is 2.94. The van der Waals surface area contributed by atoms with Crippen LogP contribution in [0.1, 0.15) is 17.2 Å². The Morgan fingerprint density at radius 2 is 1.87 bits per heavy atom. The van der Waals surface area contributed by atoms with Gasteiger partial charge in [-0.3, -0.25) is 9.78 Å². The zero-order valence-corrected chi connectivity index (χ0v) is 16.3. The minimum Gasteiger partial charge on any atom is -0.495 e. The van der Waals surface area contributed by atoms with Crippen LogP contribution in [0.15, 0.2) is 78.6 Å². The first-order chi connectivity index (χ1) is 14.5. The van der Waals surface area contributed by atoms with E-state index in [9.17, 15) is 9.18 Å². The molecule has 7 heteroatoms. The number of rotatable bonds is 8. The topological polar surface area (TPSA) is 101 Å². The third-order valence-corrected chi connectivity index (χ3v) is 4.51. The molecule has 0 fully saturated rings. The maximum absolute atomic E-state index is 13.5. The number of nitrogens with two attached hydrogens (primary N) is 1. The van der Waals surface area contributed by atoms with Gasteiger partial charge in [-0.2, -0.15) is 0 Å². The first-order valence-electron chi connectivity index (χ1n) is 9.14. The lowest BCUT2D eigenvalue weighted by Gasteiger charge is -2.21. The smallest absolute Gasteiger partial charge is 0.193 e. The van der Waals surface area contributed by atoms with Gasteiger partial charge in [-0.1, -0.05) is 42.5 Å². The number of hydrogen-bond donors (Lipinski definition) is 3. The molecule has 0 spiro atoms. The average molecular weight is 404 g/mol. The first kappa shape index (κ1) is 20.7. The molecule has 0 aliphatic heterocycles. The molecule has 152 valence electrons. The van der Waals surface area contributed by atoms with Crippen LogP contribution in [-0.4, -0.2) is 24.1 Å². The predicted molar refractivity (Wildman–Crippen MR) is 115 cm³/mol. The van der Waals surface area contributed by atoms with Crippen LogP contribution < -0.4 is 15.8 Å². The van der Waals surface area contributed by atoms with E-state index in [0.29, 0.717) is 22.6 Å². The van der Waals surface area contributed by atoms with Crippen LogP contribution in [0, 0.1) is 11.2 Å². The number of nitrogens with one attached hydrogen (secondary N) is 2. The number of ether oxygens (including phenoxy) is 1. The van der Waals surface area contributed by atoms with Crippen LogP contribution >= 0.6 is 0 Å². The Balaban J connectivity index is 2.04. The van der Waals surface area contributed by atoms with Gasteiger partial charge in [-0.05, 0) is 23.3 Å². The third-order valence-electron chi connectivity index (χ3n) is 4.51. The molecule has 0 saturated heterocycles. The molecule has 4 N–H and O–H groups in total. The number of ketones is 1. The van der Waals surface area contributed by atoms with Gasteiger partial charge in [0.2, 0.25) is 0 Å². The molecular formula is C23H21FN4O2. The van der Waals surface area contributed by atoms with Gasteiger partial charge in [-0.25, -0.2) is 4.39 Å². The molecule has 3 rings (SSSR count). The van der Waals surface area contributed by atoms with E-state index in [1.54, 1.807) is 36.5 Å². The lowest BCUT2D eigenvalue weighted by atomic mass is 9.94. The summed E-state index contributed by atoms with van der Waals surface area (Å²) in [5, 5.41) is 10.9. The van der Waals surface area contributed by atoms with Crippen molar-refractivity contribution >= 4 is 23.4 Å². The van der Waals surface area contributed by atoms with Gasteiger partial charge in [0.1, 0.15) is 17.6 Å². The molecule has 0 saturated carbocycles. The number of aromatic nitrogens is 1. The van der Waals surface area contributed by atoms with Crippen molar-refractivity contribution in [2.45, 2.75) is 6.04 Å². The maximum Gasteiger partial charge on any atom is 0.193 e. The Bertz CT molecular complexity index is 1070. The van der Waals surface area contributed by atoms with Gasteiger partial charge < -0.3 is 21.2 Å². The first-order valence-corrected chi connectivity index (χ1v) is 9.14. The lowest BCUT2D eigenvalue weighted by molar-refractivity contribution is -0.115. The number of anilines is 1. The molecule has 1 heterocycles. The van der Waals surface area contributed by atoms with Gasteiger partial charge >= 0.3 is 0 Å². The second kappa shape index (κ2) is 9.47. The second-order valence-electron chi connectivity index (χ2n) is 6.44. The van der Waals surface area contributed by atoms with E-state index in [1.807, 2.05) is 6.07 Å². The number of benzene rings is 2. The van der Waals surface area contributed by atoms with Gasteiger partial charge in [0.05, 0.1) is 36.5 Å². The number of carbonyl (C=O) groups excluding carboxylic acids is 1. The van der Waals surface area contributed by atoms with Crippen molar-refractivity contribution in [3.05, 3.63) is 95.6 Å². The highest BCUT2D eigenvalue weighted by Gasteiger charge is 2.25. The number of carbonyl (C=O) groups is 1. The van der Waals surface area contributed by atoms with Crippen molar-refractivity contribution in [1.82, 2.24) is 4.98 Å². The minimum absolute atomic E-state index is 0.0406. The summed E-state index contributed by atoms with van der Waals surface area (Å²) >= 11 is 0. The second-order valence-corrected chi connectivity index (χ2v) is 6.44. The third kappa shape index (κ3) is 4.70. The van der Waals surface area contributed by atoms with Gasteiger partial charge in [0.25, 0.3) is 0 Å². The fraction of sp³-hybridized carbons (Fsp3) is 0.0870. The molecule has 0 radical (unpaired) electrons. The number of hydrogen-bond acceptors (Lipinski definition) is 6. The predicted octanol–water partition coefficient (Wildman–Crippen LogP) is 3.97. The Hall–Kier alpha value is -4.00. The Morgan fingerprint density at radius 1 is 1.17 bits per heavy atom. The summed E-state index contributed by atoms with van der Waals surface area (Å²) in [7, 11) is 1.51. The average Bonchev–Trinajstić information content (AvgIpc) is 2.79. The van der Waals surface area contributed by atoms with Crippen LogP contribution in [0.3, 0.4) is 0 Å². The quantitative estimate of drug-likeness (QED) is 0.390. The number of methoxy groups -OCH3 is 1. The fourth-order valence-electron chi connectivity index (χ4n) is 2.94. The summed E-state index contributed by atoms with van der Waals surface area (Å²) in [6, 6.07) is 15.3. The highest BCUT2D eigenvalue weighted by atomic mass is 19.1. The van der Waals surface area contributed by atoms with Crippen molar-refractivity contribution in [3.63, 3.8) is 0 Å². The summed E-state index contributed by atoms with van der Waals surface area (Å²) in [4.78, 5) is 17.5. The van der Waals surface area contributed by atoms with Crippen molar-refractivity contribution in [2.24, 2.45) is 5.73 Å². The Morgan fingerprint density at radius 3 is 2.50 bits per heavy atom. The Labute approximate surface area is 173 Å². The van der Waals surface area contributed by atoms with Crippen LogP contribution in [0.5, 0.6) is 5.75 Å². The number of pyridine rings is 1. The van der Waals surface area contributed by atoms with Crippen LogP contribution in [0.25, 0.3) is 5.70 Å². The van der Waals surface area contributed by atoms with E-state index < -0.39 is 17.6 Å². The minimum atomic E-state index is -0.918. The molecule has 0 aliphatic carbocycles. The van der Waals surface area contributed by atoms with Crippen molar-refractivity contribution in [3.8, 4) is 5.75 Å². The van der Waals surface area contributed by atoms with Crippen molar-refractivity contribution in [1.29, 1.82) is 5.41 Å². The Kier molecular flexibility index (Phi) is 6.54. The van der Waals surface area contributed by atoms with E-state index in [-0.39, 0.29) is 11.3 Å². The van der Waals surface area contributed by atoms with Gasteiger partial charge in [-0.15, -0.1) is 0 Å². The molecule has 0 bridgehead atoms. The zero-order chi connectivity index (χ0) is 21.5. The molecule has 3 aromatic rings. The van der Waals surface area contributed by atoms with Crippen LogP contribution in [0.2, 0.25) is 0 Å². The summed E-state index contributed by atoms with van der Waals surface area (Å²) in [5.74, 6) is -0.336. The standard InChI is InChI=1S/C23H21FN4O2/c1-30-19-11-18(13-27-14-19)28-22(16-7-9-17(24)10-8-16)23(29)20(12-25)21(26)15-5-3-2-4-6-15/h2-14,22,25,28H,26H2,1H3. The summed E-state index contributed by atoms with van der Waals surface area (Å²) < 4.78 is 18.6. The summed E-state index contributed by atoms with van der Waals surface area (Å²) in [5.41, 5.74) is 8.12. The van der Waals surface area contributed by atoms with E-state index in [2.05, 4.69) is 10.3 Å². The molecule has 1 atom stereocenters. The number of Topliss-reactive ketones (excluding diaryl/α,β-unsaturated/α-hetero) is 1. The van der Waals surface area contributed by atoms with E-state index >= 15 is 0 Å². The monoisotopic (exact) mass is 404 g/mol. The van der Waals surface area contributed by atoms with E-state index in [4.69, 9.17) is 15.9 Å². The van der Waals surface area contributed by atoms with Crippen molar-refractivity contribution in [2.75, 3.05) is 12.4 Å². The summed E-state index contributed by atoms with van der Waals surface area (Å²) in [6.07, 6.45) is 4.02. The molecular weight excluding hydrogens is 383 g/mol. The van der Waals surface area contributed by atoms with E-state index in [1.165, 1.54) is 37.6 Å². The molecule has 1 aromatic heterocycles. The highest BCUT2D eigenvalue weighted by molar-refractivity contribution is 6.20. The SMILES string of the molecule is COc1cncc(NC(C(=O)C(C=N)=C(N)c2ccccc2)c2ccc(F)cc2)c1. The molecule has 2 aromatic carbocycles. The van der Waals surface area contributed by atoms with Crippen LogP contribution in [-0.2, 0) is 4.79 Å².